The predicted octanol–water partition coefficient (Wildman–Crippen LogP) is 2.37. The van der Waals surface area contributed by atoms with Gasteiger partial charge in [0.15, 0.2) is 0 Å². The standard InChI is InChI=1S/C14H21NO/c1-11-13(9-10-16-11)14(15)8-7-12-5-3-2-4-6-12/h2-6,11,13-14H,7-10,15H2,1H3. The molecule has 3 unspecified atom stereocenters. The largest absolute Gasteiger partial charge is 0.378 e. The molecular formula is C14H21NO. The Morgan fingerprint density at radius 3 is 2.75 bits per heavy atom. The van der Waals surface area contributed by atoms with Gasteiger partial charge in [0.1, 0.15) is 0 Å². The van der Waals surface area contributed by atoms with E-state index in [-0.39, 0.29) is 6.04 Å². The van der Waals surface area contributed by atoms with Crippen molar-refractivity contribution in [2.75, 3.05) is 6.61 Å². The van der Waals surface area contributed by atoms with Crippen LogP contribution < -0.4 is 5.73 Å². The highest BCUT2D eigenvalue weighted by Gasteiger charge is 2.29. The molecule has 0 amide bonds. The highest BCUT2D eigenvalue weighted by atomic mass is 16.5. The van der Waals surface area contributed by atoms with E-state index in [1.54, 1.807) is 0 Å². The summed E-state index contributed by atoms with van der Waals surface area (Å²) in [6, 6.07) is 10.8. The molecule has 1 heterocycles. The molecule has 2 nitrogen and oxygen atoms in total. The van der Waals surface area contributed by atoms with E-state index in [9.17, 15) is 0 Å². The Balaban J connectivity index is 1.81. The monoisotopic (exact) mass is 219 g/mol. The zero-order valence-corrected chi connectivity index (χ0v) is 9.93. The van der Waals surface area contributed by atoms with E-state index in [4.69, 9.17) is 10.5 Å². The summed E-state index contributed by atoms with van der Waals surface area (Å²) >= 11 is 0. The van der Waals surface area contributed by atoms with Crippen molar-refractivity contribution >= 4 is 0 Å². The first-order valence-corrected chi connectivity index (χ1v) is 6.18. The molecule has 1 saturated heterocycles. The van der Waals surface area contributed by atoms with Gasteiger partial charge in [0.05, 0.1) is 6.10 Å². The normalized spacial score (nSPS) is 26.9. The molecule has 1 aromatic carbocycles. The first-order valence-electron chi connectivity index (χ1n) is 6.18. The van der Waals surface area contributed by atoms with Crippen LogP contribution in [0, 0.1) is 5.92 Å². The summed E-state index contributed by atoms with van der Waals surface area (Å²) in [5, 5.41) is 0. The van der Waals surface area contributed by atoms with Crippen LogP contribution in [-0.4, -0.2) is 18.8 Å². The Bertz CT molecular complexity index is 312. The van der Waals surface area contributed by atoms with E-state index in [2.05, 4.69) is 37.3 Å². The van der Waals surface area contributed by atoms with Gasteiger partial charge in [0.25, 0.3) is 0 Å². The third-order valence-corrected chi connectivity index (χ3v) is 3.59. The van der Waals surface area contributed by atoms with Crippen molar-refractivity contribution in [1.82, 2.24) is 0 Å². The highest BCUT2D eigenvalue weighted by Crippen LogP contribution is 2.25. The second kappa shape index (κ2) is 5.46. The first kappa shape index (κ1) is 11.6. The van der Waals surface area contributed by atoms with Crippen LogP contribution in [0.5, 0.6) is 0 Å². The minimum atomic E-state index is 0.276. The summed E-state index contributed by atoms with van der Waals surface area (Å²) in [5.41, 5.74) is 7.62. The Morgan fingerprint density at radius 2 is 2.12 bits per heavy atom. The van der Waals surface area contributed by atoms with Gasteiger partial charge < -0.3 is 10.5 Å². The van der Waals surface area contributed by atoms with E-state index >= 15 is 0 Å². The first-order chi connectivity index (χ1) is 7.77. The maximum Gasteiger partial charge on any atom is 0.0590 e. The molecule has 3 atom stereocenters. The number of nitrogens with two attached hydrogens (primary N) is 1. The zero-order chi connectivity index (χ0) is 11.4. The maximum absolute atomic E-state index is 6.24. The van der Waals surface area contributed by atoms with Crippen LogP contribution in [0.15, 0.2) is 30.3 Å². The number of hydrogen-bond donors (Lipinski definition) is 1. The van der Waals surface area contributed by atoms with E-state index in [0.717, 1.165) is 25.9 Å². The smallest absolute Gasteiger partial charge is 0.0590 e. The summed E-state index contributed by atoms with van der Waals surface area (Å²) in [7, 11) is 0. The summed E-state index contributed by atoms with van der Waals surface area (Å²) < 4.78 is 5.56. The van der Waals surface area contributed by atoms with Crippen LogP contribution in [0.4, 0.5) is 0 Å². The second-order valence-electron chi connectivity index (χ2n) is 4.72. The van der Waals surface area contributed by atoms with Crippen molar-refractivity contribution in [3.8, 4) is 0 Å². The summed E-state index contributed by atoms with van der Waals surface area (Å²) in [6.45, 7) is 3.02. The molecule has 2 N–H and O–H groups in total. The van der Waals surface area contributed by atoms with Crippen molar-refractivity contribution in [2.24, 2.45) is 11.7 Å². The lowest BCUT2D eigenvalue weighted by Crippen LogP contribution is -2.34. The SMILES string of the molecule is CC1OCCC1C(N)CCc1ccccc1. The quantitative estimate of drug-likeness (QED) is 0.843. The molecule has 1 aliphatic rings. The molecule has 0 radical (unpaired) electrons. The van der Waals surface area contributed by atoms with Gasteiger partial charge in [-0.3, -0.25) is 0 Å². The summed E-state index contributed by atoms with van der Waals surface area (Å²) in [6.07, 6.45) is 3.59. The third kappa shape index (κ3) is 2.83. The Kier molecular flexibility index (Phi) is 3.97. The van der Waals surface area contributed by atoms with Gasteiger partial charge in [0, 0.05) is 18.6 Å². The van der Waals surface area contributed by atoms with Crippen molar-refractivity contribution in [3.63, 3.8) is 0 Å². The van der Waals surface area contributed by atoms with Crippen LogP contribution in [0.1, 0.15) is 25.3 Å². The van der Waals surface area contributed by atoms with E-state index in [0.29, 0.717) is 12.0 Å². The van der Waals surface area contributed by atoms with Crippen molar-refractivity contribution < 1.29 is 4.74 Å². The lowest BCUT2D eigenvalue weighted by Gasteiger charge is -2.21. The lowest BCUT2D eigenvalue weighted by atomic mass is 9.90. The molecule has 0 aliphatic carbocycles. The summed E-state index contributed by atoms with van der Waals surface area (Å²) in [4.78, 5) is 0. The number of ether oxygens (including phenoxy) is 1. The number of hydrogen-bond acceptors (Lipinski definition) is 2. The van der Waals surface area contributed by atoms with Gasteiger partial charge in [0.2, 0.25) is 0 Å². The molecule has 2 rings (SSSR count). The lowest BCUT2D eigenvalue weighted by molar-refractivity contribution is 0.0987. The molecule has 0 aromatic heterocycles. The molecule has 16 heavy (non-hydrogen) atoms. The molecule has 0 bridgehead atoms. The van der Waals surface area contributed by atoms with Gasteiger partial charge in [-0.15, -0.1) is 0 Å². The van der Waals surface area contributed by atoms with Crippen molar-refractivity contribution in [1.29, 1.82) is 0 Å². The fourth-order valence-corrected chi connectivity index (χ4v) is 2.50. The topological polar surface area (TPSA) is 35.2 Å². The fraction of sp³-hybridized carbons (Fsp3) is 0.571. The predicted molar refractivity (Wildman–Crippen MR) is 66.3 cm³/mol. The fourth-order valence-electron chi connectivity index (χ4n) is 2.50. The number of aryl methyl sites for hydroxylation is 1. The number of rotatable bonds is 4. The summed E-state index contributed by atoms with van der Waals surface area (Å²) in [5.74, 6) is 0.545. The van der Waals surface area contributed by atoms with Gasteiger partial charge in [-0.05, 0) is 31.7 Å². The van der Waals surface area contributed by atoms with Crippen LogP contribution in [0.2, 0.25) is 0 Å². The molecule has 88 valence electrons. The Hall–Kier alpha value is -0.860. The van der Waals surface area contributed by atoms with E-state index in [1.807, 2.05) is 0 Å². The van der Waals surface area contributed by atoms with E-state index in [1.165, 1.54) is 5.56 Å². The third-order valence-electron chi connectivity index (χ3n) is 3.59. The molecule has 0 saturated carbocycles. The molecule has 0 spiro atoms. The van der Waals surface area contributed by atoms with E-state index < -0.39 is 0 Å². The maximum atomic E-state index is 6.24. The van der Waals surface area contributed by atoms with Crippen LogP contribution in [0.3, 0.4) is 0 Å². The van der Waals surface area contributed by atoms with Gasteiger partial charge in [-0.25, -0.2) is 0 Å². The average molecular weight is 219 g/mol. The van der Waals surface area contributed by atoms with Gasteiger partial charge in [-0.2, -0.15) is 0 Å². The van der Waals surface area contributed by atoms with Crippen LogP contribution >= 0.6 is 0 Å². The molecule has 2 heteroatoms. The average Bonchev–Trinajstić information content (AvgIpc) is 2.74. The Labute approximate surface area is 97.8 Å². The molecule has 1 fully saturated rings. The minimum absolute atomic E-state index is 0.276. The van der Waals surface area contributed by atoms with Crippen LogP contribution in [0.25, 0.3) is 0 Å². The zero-order valence-electron chi connectivity index (χ0n) is 9.93. The highest BCUT2D eigenvalue weighted by molar-refractivity contribution is 5.14. The Morgan fingerprint density at radius 1 is 1.38 bits per heavy atom. The molecule has 1 aromatic rings. The van der Waals surface area contributed by atoms with Gasteiger partial charge >= 0.3 is 0 Å². The molecular weight excluding hydrogens is 198 g/mol. The molecule has 1 aliphatic heterocycles. The van der Waals surface area contributed by atoms with Gasteiger partial charge in [-0.1, -0.05) is 30.3 Å². The minimum Gasteiger partial charge on any atom is -0.378 e. The van der Waals surface area contributed by atoms with Crippen molar-refractivity contribution in [2.45, 2.75) is 38.3 Å². The van der Waals surface area contributed by atoms with Crippen molar-refractivity contribution in [3.05, 3.63) is 35.9 Å². The van der Waals surface area contributed by atoms with Crippen LogP contribution in [-0.2, 0) is 11.2 Å². The number of benzene rings is 1. The second-order valence-corrected chi connectivity index (χ2v) is 4.72.